The van der Waals surface area contributed by atoms with E-state index in [-0.39, 0.29) is 18.8 Å². The summed E-state index contributed by atoms with van der Waals surface area (Å²) in [4.78, 5) is 14.1. The highest BCUT2D eigenvalue weighted by atomic mass is 19.4. The fraction of sp³-hybridized carbons (Fsp3) is 0.348. The molecule has 31 heavy (non-hydrogen) atoms. The molecule has 3 rings (SSSR count). The van der Waals surface area contributed by atoms with Crippen LogP contribution in [0.1, 0.15) is 11.1 Å². The molecule has 0 bridgehead atoms. The number of nitrogens with one attached hydrogen (secondary N) is 1. The number of hydrogen-bond acceptors (Lipinski definition) is 4. The summed E-state index contributed by atoms with van der Waals surface area (Å²) in [5.41, 5.74) is 2.89. The van der Waals surface area contributed by atoms with Crippen LogP contribution in [0.3, 0.4) is 0 Å². The lowest BCUT2D eigenvalue weighted by Crippen LogP contribution is -2.52. The number of benzene rings is 2. The van der Waals surface area contributed by atoms with Gasteiger partial charge in [0.2, 0.25) is 0 Å². The third-order valence-corrected chi connectivity index (χ3v) is 5.01. The van der Waals surface area contributed by atoms with Gasteiger partial charge in [-0.05, 0) is 48.4 Å². The Morgan fingerprint density at radius 2 is 1.65 bits per heavy atom. The highest BCUT2D eigenvalue weighted by Crippen LogP contribution is 2.22. The van der Waals surface area contributed by atoms with Gasteiger partial charge in [0.25, 0.3) is 0 Å². The first-order valence-electron chi connectivity index (χ1n) is 10.0. The first kappa shape index (κ1) is 22.5. The summed E-state index contributed by atoms with van der Waals surface area (Å²) in [5, 5.41) is 12.5. The van der Waals surface area contributed by atoms with Crippen LogP contribution in [0.2, 0.25) is 0 Å². The Hall–Kier alpha value is -3.18. The van der Waals surface area contributed by atoms with Crippen molar-refractivity contribution in [2.45, 2.75) is 12.6 Å². The molecule has 0 aromatic heterocycles. The molecule has 0 spiro atoms. The molecular formula is C23H24F3N3O2. The quantitative estimate of drug-likeness (QED) is 0.565. The van der Waals surface area contributed by atoms with Crippen LogP contribution in [-0.4, -0.2) is 61.4 Å². The Morgan fingerprint density at radius 1 is 1.00 bits per heavy atom. The Labute approximate surface area is 179 Å². The van der Waals surface area contributed by atoms with Gasteiger partial charge in [0.1, 0.15) is 5.75 Å². The summed E-state index contributed by atoms with van der Waals surface area (Å²) in [6, 6.07) is 14.7. The van der Waals surface area contributed by atoms with E-state index in [9.17, 15) is 23.1 Å². The van der Waals surface area contributed by atoms with Crippen LogP contribution in [0.5, 0.6) is 5.75 Å². The molecule has 1 fully saturated rings. The van der Waals surface area contributed by atoms with Gasteiger partial charge in [-0.3, -0.25) is 4.79 Å². The van der Waals surface area contributed by atoms with Gasteiger partial charge in [-0.2, -0.15) is 13.2 Å². The second-order valence-corrected chi connectivity index (χ2v) is 7.22. The van der Waals surface area contributed by atoms with Crippen molar-refractivity contribution in [3.63, 3.8) is 0 Å². The van der Waals surface area contributed by atoms with Crippen LogP contribution in [0, 0.1) is 11.8 Å². The molecule has 0 saturated carbocycles. The third-order valence-electron chi connectivity index (χ3n) is 5.01. The fourth-order valence-corrected chi connectivity index (χ4v) is 3.30. The van der Waals surface area contributed by atoms with E-state index in [1.54, 1.807) is 12.1 Å². The highest BCUT2D eigenvalue weighted by molar-refractivity contribution is 5.82. The number of hydrogen-bond donors (Lipinski definition) is 2. The first-order valence-corrected chi connectivity index (χ1v) is 10.0. The predicted molar refractivity (Wildman–Crippen MR) is 113 cm³/mol. The minimum absolute atomic E-state index is 0.0513. The zero-order valence-electron chi connectivity index (χ0n) is 17.0. The van der Waals surface area contributed by atoms with Gasteiger partial charge < -0.3 is 20.2 Å². The number of carbonyl (C=O) groups is 1. The predicted octanol–water partition coefficient (Wildman–Crippen LogP) is 2.79. The molecule has 0 atom stereocenters. The molecule has 1 heterocycles. The van der Waals surface area contributed by atoms with Gasteiger partial charge in [0, 0.05) is 44.0 Å². The van der Waals surface area contributed by atoms with Crippen LogP contribution in [0.25, 0.3) is 0 Å². The number of carbonyl (C=O) groups excluding carboxylic acids is 1. The Bertz CT molecular complexity index is 924. The van der Waals surface area contributed by atoms with Gasteiger partial charge in [-0.25, -0.2) is 0 Å². The van der Waals surface area contributed by atoms with Crippen LogP contribution in [-0.2, 0) is 11.2 Å². The van der Waals surface area contributed by atoms with Crippen molar-refractivity contribution in [1.29, 1.82) is 0 Å². The van der Waals surface area contributed by atoms with Crippen molar-refractivity contribution in [2.24, 2.45) is 0 Å². The van der Waals surface area contributed by atoms with Gasteiger partial charge in [0.15, 0.2) is 0 Å². The van der Waals surface area contributed by atoms with Crippen molar-refractivity contribution in [3.8, 4) is 17.6 Å². The largest absolute Gasteiger partial charge is 0.508 e. The normalized spacial score (nSPS) is 14.2. The molecule has 1 aliphatic rings. The lowest BCUT2D eigenvalue weighted by Gasteiger charge is -2.36. The lowest BCUT2D eigenvalue weighted by molar-refractivity contribution is -0.185. The monoisotopic (exact) mass is 431 g/mol. The molecule has 2 N–H and O–H groups in total. The highest BCUT2D eigenvalue weighted by Gasteiger charge is 2.43. The Morgan fingerprint density at radius 3 is 2.26 bits per heavy atom. The summed E-state index contributed by atoms with van der Waals surface area (Å²) in [6.07, 6.45) is -3.97. The van der Waals surface area contributed by atoms with E-state index in [2.05, 4.69) is 17.2 Å². The van der Waals surface area contributed by atoms with Crippen LogP contribution in [0.15, 0.2) is 48.5 Å². The molecule has 8 heteroatoms. The summed E-state index contributed by atoms with van der Waals surface area (Å²) < 4.78 is 37.6. The van der Waals surface area contributed by atoms with Crippen LogP contribution in [0.4, 0.5) is 18.9 Å². The van der Waals surface area contributed by atoms with E-state index in [0.29, 0.717) is 19.6 Å². The molecule has 5 nitrogen and oxygen atoms in total. The zero-order valence-corrected chi connectivity index (χ0v) is 17.0. The summed E-state index contributed by atoms with van der Waals surface area (Å²) in [6.45, 7) is 2.15. The van der Waals surface area contributed by atoms with Crippen molar-refractivity contribution in [1.82, 2.24) is 10.2 Å². The Balaban J connectivity index is 1.41. The molecule has 1 aliphatic heterocycles. The number of alkyl halides is 3. The zero-order chi connectivity index (χ0) is 22.3. The SMILES string of the molecule is O=C(N1CCN(c2ccc(C#CCNCCc3ccc(O)cc3)cc2)CC1)C(F)(F)F. The third kappa shape index (κ3) is 6.66. The maximum absolute atomic E-state index is 12.5. The van der Waals surface area contributed by atoms with E-state index in [1.165, 1.54) is 0 Å². The number of phenols is 1. The molecule has 1 saturated heterocycles. The van der Waals surface area contributed by atoms with Gasteiger partial charge >= 0.3 is 12.1 Å². The molecular weight excluding hydrogens is 407 g/mol. The number of nitrogens with zero attached hydrogens (tertiary/aromatic N) is 2. The smallest absolute Gasteiger partial charge is 0.471 e. The summed E-state index contributed by atoms with van der Waals surface area (Å²) in [7, 11) is 0. The van der Waals surface area contributed by atoms with Gasteiger partial charge in [-0.1, -0.05) is 24.0 Å². The van der Waals surface area contributed by atoms with Crippen molar-refractivity contribution in [2.75, 3.05) is 44.2 Å². The molecule has 2 aromatic rings. The van der Waals surface area contributed by atoms with E-state index < -0.39 is 12.1 Å². The Kier molecular flexibility index (Phi) is 7.42. The summed E-state index contributed by atoms with van der Waals surface area (Å²) >= 11 is 0. The van der Waals surface area contributed by atoms with Crippen molar-refractivity contribution in [3.05, 3.63) is 59.7 Å². The van der Waals surface area contributed by atoms with E-state index in [0.717, 1.165) is 34.7 Å². The van der Waals surface area contributed by atoms with Crippen molar-refractivity contribution < 1.29 is 23.1 Å². The lowest BCUT2D eigenvalue weighted by atomic mass is 10.1. The van der Waals surface area contributed by atoms with E-state index >= 15 is 0 Å². The average Bonchev–Trinajstić information content (AvgIpc) is 2.77. The number of aromatic hydroxyl groups is 1. The fourth-order valence-electron chi connectivity index (χ4n) is 3.30. The second kappa shape index (κ2) is 10.2. The first-order chi connectivity index (χ1) is 14.8. The van der Waals surface area contributed by atoms with E-state index in [1.807, 2.05) is 41.3 Å². The molecule has 164 valence electrons. The van der Waals surface area contributed by atoms with Crippen LogP contribution >= 0.6 is 0 Å². The standard InChI is InChI=1S/C23H24F3N3O2/c24-23(25,26)22(31)29-16-14-28(15-17-29)20-7-3-18(4-8-20)2-1-12-27-13-11-19-5-9-21(30)10-6-19/h3-10,27,30H,11-17H2. The second-order valence-electron chi connectivity index (χ2n) is 7.22. The van der Waals surface area contributed by atoms with Gasteiger partial charge in [0.05, 0.1) is 6.54 Å². The van der Waals surface area contributed by atoms with Gasteiger partial charge in [-0.15, -0.1) is 0 Å². The minimum Gasteiger partial charge on any atom is -0.508 e. The molecule has 0 radical (unpaired) electrons. The average molecular weight is 431 g/mol. The number of piperazine rings is 1. The molecule has 0 unspecified atom stereocenters. The van der Waals surface area contributed by atoms with Crippen molar-refractivity contribution >= 4 is 11.6 Å². The maximum Gasteiger partial charge on any atom is 0.471 e. The summed E-state index contributed by atoms with van der Waals surface area (Å²) in [5.74, 6) is 4.63. The topological polar surface area (TPSA) is 55.8 Å². The van der Waals surface area contributed by atoms with E-state index in [4.69, 9.17) is 0 Å². The number of phenolic OH excluding ortho intramolecular Hbond substituents is 1. The van der Waals surface area contributed by atoms with Crippen LogP contribution < -0.4 is 10.2 Å². The molecule has 1 amide bonds. The minimum atomic E-state index is -4.82. The maximum atomic E-state index is 12.5. The number of halogens is 3. The number of anilines is 1. The molecule has 2 aromatic carbocycles. The molecule has 0 aliphatic carbocycles. The number of rotatable bonds is 5. The number of amides is 1.